The van der Waals surface area contributed by atoms with Crippen LogP contribution in [-0.2, 0) is 0 Å². The molecule has 3 nitrogen and oxygen atoms in total. The number of carbonyl (C=O) groups excluding carboxylic acids is 1. The Morgan fingerprint density at radius 1 is 1.39 bits per heavy atom. The molecule has 0 heterocycles. The highest BCUT2D eigenvalue weighted by Gasteiger charge is 2.16. The lowest BCUT2D eigenvalue weighted by Gasteiger charge is -2.10. The van der Waals surface area contributed by atoms with Crippen LogP contribution in [0.1, 0.15) is 42.5 Å². The minimum Gasteiger partial charge on any atom is -0.507 e. The van der Waals surface area contributed by atoms with Crippen LogP contribution in [0.25, 0.3) is 0 Å². The summed E-state index contributed by atoms with van der Waals surface area (Å²) < 4.78 is 0. The molecule has 98 valence electrons. The molecular weight excluding hydrogens is 250 g/mol. The average molecular weight is 268 g/mol. The Kier molecular flexibility index (Phi) is 4.48. The summed E-state index contributed by atoms with van der Waals surface area (Å²) >= 11 is 5.72. The topological polar surface area (TPSA) is 49.3 Å². The van der Waals surface area contributed by atoms with Gasteiger partial charge in [0, 0.05) is 11.6 Å². The van der Waals surface area contributed by atoms with Crippen LogP contribution in [-0.4, -0.2) is 17.6 Å². The van der Waals surface area contributed by atoms with Crippen molar-refractivity contribution in [2.24, 2.45) is 5.92 Å². The van der Waals surface area contributed by atoms with Gasteiger partial charge in [-0.25, -0.2) is 0 Å². The van der Waals surface area contributed by atoms with Crippen LogP contribution in [0.5, 0.6) is 5.75 Å². The Labute approximate surface area is 112 Å². The van der Waals surface area contributed by atoms with Gasteiger partial charge in [0.25, 0.3) is 5.91 Å². The van der Waals surface area contributed by atoms with E-state index < -0.39 is 0 Å². The zero-order valence-electron chi connectivity index (χ0n) is 10.3. The highest BCUT2D eigenvalue weighted by molar-refractivity contribution is 6.30. The third kappa shape index (κ3) is 3.39. The van der Waals surface area contributed by atoms with Crippen LogP contribution in [0.3, 0.4) is 0 Å². The van der Waals surface area contributed by atoms with Gasteiger partial charge in [0.1, 0.15) is 5.75 Å². The monoisotopic (exact) mass is 267 g/mol. The van der Waals surface area contributed by atoms with Crippen molar-refractivity contribution < 1.29 is 9.90 Å². The number of aromatic hydroxyl groups is 1. The standard InChI is InChI=1S/C14H18ClNO2/c15-11-5-6-12(13(17)9-11)14(18)16-8-7-10-3-1-2-4-10/h5-6,9-10,17H,1-4,7-8H2,(H,16,18). The Balaban J connectivity index is 1.83. The van der Waals surface area contributed by atoms with E-state index in [1.807, 2.05) is 0 Å². The smallest absolute Gasteiger partial charge is 0.255 e. The maximum absolute atomic E-state index is 11.8. The third-order valence-electron chi connectivity index (χ3n) is 3.52. The molecule has 1 aromatic carbocycles. The van der Waals surface area contributed by atoms with E-state index in [-0.39, 0.29) is 17.2 Å². The summed E-state index contributed by atoms with van der Waals surface area (Å²) in [5.41, 5.74) is 0.283. The molecule has 0 spiro atoms. The molecule has 0 saturated heterocycles. The second-order valence-electron chi connectivity index (χ2n) is 4.86. The fourth-order valence-electron chi connectivity index (χ4n) is 2.48. The number of amides is 1. The lowest BCUT2D eigenvalue weighted by Crippen LogP contribution is -2.25. The van der Waals surface area contributed by atoms with Crippen molar-refractivity contribution in [3.63, 3.8) is 0 Å². The summed E-state index contributed by atoms with van der Waals surface area (Å²) in [6, 6.07) is 4.53. The number of hydrogen-bond donors (Lipinski definition) is 2. The molecule has 0 bridgehead atoms. The molecule has 0 radical (unpaired) electrons. The molecule has 2 N–H and O–H groups in total. The van der Waals surface area contributed by atoms with E-state index in [9.17, 15) is 9.90 Å². The van der Waals surface area contributed by atoms with Gasteiger partial charge in [0.2, 0.25) is 0 Å². The molecule has 4 heteroatoms. The van der Waals surface area contributed by atoms with E-state index in [2.05, 4.69) is 5.32 Å². The van der Waals surface area contributed by atoms with Gasteiger partial charge in [-0.2, -0.15) is 0 Å². The Bertz CT molecular complexity index is 428. The molecule has 1 aliphatic rings. The minimum absolute atomic E-state index is 0.0686. The van der Waals surface area contributed by atoms with Crippen molar-refractivity contribution in [1.82, 2.24) is 5.32 Å². The highest BCUT2D eigenvalue weighted by Crippen LogP contribution is 2.27. The fourth-order valence-corrected chi connectivity index (χ4v) is 2.65. The Hall–Kier alpha value is -1.22. The lowest BCUT2D eigenvalue weighted by atomic mass is 10.0. The molecular formula is C14H18ClNO2. The van der Waals surface area contributed by atoms with Crippen LogP contribution in [0.15, 0.2) is 18.2 Å². The molecule has 0 aliphatic heterocycles. The molecule has 1 amide bonds. The fraction of sp³-hybridized carbons (Fsp3) is 0.500. The molecule has 0 aromatic heterocycles. The summed E-state index contributed by atoms with van der Waals surface area (Å²) in [4.78, 5) is 11.8. The summed E-state index contributed by atoms with van der Waals surface area (Å²) in [5.74, 6) is 0.451. The van der Waals surface area contributed by atoms with Gasteiger partial charge in [-0.1, -0.05) is 37.3 Å². The average Bonchev–Trinajstić information content (AvgIpc) is 2.81. The van der Waals surface area contributed by atoms with Crippen molar-refractivity contribution >= 4 is 17.5 Å². The maximum atomic E-state index is 11.8. The Morgan fingerprint density at radius 3 is 2.78 bits per heavy atom. The first-order valence-electron chi connectivity index (χ1n) is 6.43. The van der Waals surface area contributed by atoms with E-state index in [1.165, 1.54) is 31.7 Å². The molecule has 1 aromatic rings. The summed E-state index contributed by atoms with van der Waals surface area (Å²) in [6.45, 7) is 0.672. The summed E-state index contributed by atoms with van der Waals surface area (Å²) in [6.07, 6.45) is 6.22. The van der Waals surface area contributed by atoms with E-state index in [4.69, 9.17) is 11.6 Å². The van der Waals surface area contributed by atoms with Gasteiger partial charge in [0.05, 0.1) is 5.56 Å². The largest absolute Gasteiger partial charge is 0.507 e. The van der Waals surface area contributed by atoms with E-state index in [0.717, 1.165) is 12.3 Å². The quantitative estimate of drug-likeness (QED) is 0.879. The van der Waals surface area contributed by atoms with Crippen molar-refractivity contribution in [3.05, 3.63) is 28.8 Å². The number of halogens is 1. The first-order chi connectivity index (χ1) is 8.66. The molecule has 1 aliphatic carbocycles. The van der Waals surface area contributed by atoms with Gasteiger partial charge in [-0.15, -0.1) is 0 Å². The van der Waals surface area contributed by atoms with Gasteiger partial charge < -0.3 is 10.4 Å². The SMILES string of the molecule is O=C(NCCC1CCCC1)c1ccc(Cl)cc1O. The number of nitrogens with one attached hydrogen (secondary N) is 1. The first-order valence-corrected chi connectivity index (χ1v) is 6.81. The zero-order valence-corrected chi connectivity index (χ0v) is 11.0. The second-order valence-corrected chi connectivity index (χ2v) is 5.29. The molecule has 1 fully saturated rings. The van der Waals surface area contributed by atoms with Crippen LogP contribution < -0.4 is 5.32 Å². The van der Waals surface area contributed by atoms with E-state index in [0.29, 0.717) is 11.6 Å². The number of rotatable bonds is 4. The zero-order chi connectivity index (χ0) is 13.0. The maximum Gasteiger partial charge on any atom is 0.255 e. The molecule has 0 unspecified atom stereocenters. The van der Waals surface area contributed by atoms with Crippen molar-refractivity contribution in [2.45, 2.75) is 32.1 Å². The van der Waals surface area contributed by atoms with Crippen LogP contribution >= 0.6 is 11.6 Å². The van der Waals surface area contributed by atoms with Gasteiger partial charge in [0.15, 0.2) is 0 Å². The van der Waals surface area contributed by atoms with Crippen molar-refractivity contribution in [1.29, 1.82) is 0 Å². The first kappa shape index (κ1) is 13.2. The minimum atomic E-state index is -0.234. The van der Waals surface area contributed by atoms with E-state index >= 15 is 0 Å². The lowest BCUT2D eigenvalue weighted by molar-refractivity contribution is 0.0949. The van der Waals surface area contributed by atoms with Crippen LogP contribution in [0, 0.1) is 5.92 Å². The number of carbonyl (C=O) groups is 1. The predicted molar refractivity (Wildman–Crippen MR) is 72.0 cm³/mol. The number of hydrogen-bond acceptors (Lipinski definition) is 2. The third-order valence-corrected chi connectivity index (χ3v) is 3.75. The second kappa shape index (κ2) is 6.10. The summed E-state index contributed by atoms with van der Waals surface area (Å²) in [5, 5.41) is 12.9. The highest BCUT2D eigenvalue weighted by atomic mass is 35.5. The number of phenolic OH excluding ortho intramolecular Hbond substituents is 1. The van der Waals surface area contributed by atoms with Gasteiger partial charge in [-0.3, -0.25) is 4.79 Å². The molecule has 0 atom stereocenters. The van der Waals surface area contributed by atoms with Gasteiger partial charge >= 0.3 is 0 Å². The molecule has 18 heavy (non-hydrogen) atoms. The predicted octanol–water partition coefficient (Wildman–Crippen LogP) is 3.36. The van der Waals surface area contributed by atoms with Crippen LogP contribution in [0.4, 0.5) is 0 Å². The van der Waals surface area contributed by atoms with Crippen molar-refractivity contribution in [2.75, 3.05) is 6.54 Å². The van der Waals surface area contributed by atoms with Crippen molar-refractivity contribution in [3.8, 4) is 5.75 Å². The summed E-state index contributed by atoms with van der Waals surface area (Å²) in [7, 11) is 0. The number of benzene rings is 1. The van der Waals surface area contributed by atoms with Crippen LogP contribution in [0.2, 0.25) is 5.02 Å². The molecule has 1 saturated carbocycles. The number of phenols is 1. The van der Waals surface area contributed by atoms with E-state index in [1.54, 1.807) is 12.1 Å². The Morgan fingerprint density at radius 2 is 2.11 bits per heavy atom. The van der Waals surface area contributed by atoms with Gasteiger partial charge in [-0.05, 0) is 30.5 Å². The molecule has 2 rings (SSSR count). The normalized spacial score (nSPS) is 15.8.